The van der Waals surface area contributed by atoms with E-state index in [1.54, 1.807) is 11.5 Å². The maximum absolute atomic E-state index is 13.6. The molecule has 0 fully saturated rings. The number of benzene rings is 2. The minimum Gasteiger partial charge on any atom is -0.426 e. The van der Waals surface area contributed by atoms with Crippen LogP contribution in [0.25, 0.3) is 10.9 Å². The third-order valence-corrected chi connectivity index (χ3v) is 6.12. The van der Waals surface area contributed by atoms with E-state index in [4.69, 9.17) is 4.74 Å². The fourth-order valence-electron chi connectivity index (χ4n) is 4.62. The van der Waals surface area contributed by atoms with E-state index in [2.05, 4.69) is 31.1 Å². The van der Waals surface area contributed by atoms with Crippen molar-refractivity contribution >= 4 is 22.8 Å². The second kappa shape index (κ2) is 9.92. The third-order valence-electron chi connectivity index (χ3n) is 6.12. The lowest BCUT2D eigenvalue weighted by atomic mass is 9.78. The minimum atomic E-state index is -0.520. The molecule has 0 saturated heterocycles. The molecule has 0 atom stereocenters. The van der Waals surface area contributed by atoms with Gasteiger partial charge in [0.05, 0.1) is 5.52 Å². The summed E-state index contributed by atoms with van der Waals surface area (Å²) in [7, 11) is 4.11. The molecule has 3 aromatic rings. The number of ether oxygens (including phenoxy) is 1. The molecule has 176 valence electrons. The number of aromatic nitrogens is 1. The van der Waals surface area contributed by atoms with Crippen LogP contribution in [0.2, 0.25) is 0 Å². The highest BCUT2D eigenvalue weighted by Crippen LogP contribution is 2.39. The van der Waals surface area contributed by atoms with Crippen LogP contribution in [0.3, 0.4) is 0 Å². The number of fused-ring (bicyclic) bond motifs is 1. The summed E-state index contributed by atoms with van der Waals surface area (Å²) in [5.74, 6) is 0.312. The zero-order valence-corrected chi connectivity index (χ0v) is 21.0. The molecule has 3 rings (SSSR count). The molecule has 1 heterocycles. The summed E-state index contributed by atoms with van der Waals surface area (Å²) in [6.45, 7) is 10.8. The molecular weight excluding hydrogens is 412 g/mol. The maximum atomic E-state index is 13.6. The van der Waals surface area contributed by atoms with Crippen LogP contribution in [-0.2, 0) is 16.6 Å². The molecular formula is C28H36N2O3. The van der Waals surface area contributed by atoms with Gasteiger partial charge in [-0.1, -0.05) is 45.0 Å². The number of aryl methyl sites for hydroxylation is 2. The van der Waals surface area contributed by atoms with Crippen molar-refractivity contribution in [3.8, 4) is 5.75 Å². The number of rotatable bonds is 8. The van der Waals surface area contributed by atoms with Crippen molar-refractivity contribution in [2.24, 2.45) is 0 Å². The molecule has 5 nitrogen and oxygen atoms in total. The summed E-state index contributed by atoms with van der Waals surface area (Å²) >= 11 is 0. The van der Waals surface area contributed by atoms with Gasteiger partial charge in [0, 0.05) is 41.9 Å². The van der Waals surface area contributed by atoms with E-state index in [9.17, 15) is 9.59 Å². The van der Waals surface area contributed by atoms with Crippen LogP contribution in [0.15, 0.2) is 42.6 Å². The van der Waals surface area contributed by atoms with Crippen molar-refractivity contribution in [2.45, 2.75) is 59.3 Å². The molecule has 0 unspecified atom stereocenters. The Kier molecular flexibility index (Phi) is 7.43. The molecule has 0 saturated carbocycles. The Labute approximate surface area is 197 Å². The summed E-state index contributed by atoms with van der Waals surface area (Å²) in [5, 5.41) is 1.12. The first-order valence-electron chi connectivity index (χ1n) is 11.6. The standard InChI is InChI=1S/C28H36N2O3/c1-8-26(32)33-24-16-19(2)15-20(3)27(24)28(4,5)17-25(31)30-18-21(13-14-29(6)7)22-11-9-10-12-23(22)30/h9-12,15-16,18H,8,13-14,17H2,1-7H3. The second-order valence-electron chi connectivity index (χ2n) is 9.83. The molecule has 0 spiro atoms. The van der Waals surface area contributed by atoms with Gasteiger partial charge >= 0.3 is 5.97 Å². The summed E-state index contributed by atoms with van der Waals surface area (Å²) < 4.78 is 7.49. The first-order valence-corrected chi connectivity index (χ1v) is 11.6. The third kappa shape index (κ3) is 5.53. The molecule has 33 heavy (non-hydrogen) atoms. The van der Waals surface area contributed by atoms with Crippen molar-refractivity contribution in [1.29, 1.82) is 0 Å². The Balaban J connectivity index is 1.98. The van der Waals surface area contributed by atoms with Crippen LogP contribution in [0.4, 0.5) is 0 Å². The van der Waals surface area contributed by atoms with Gasteiger partial charge in [-0.25, -0.2) is 0 Å². The fourth-order valence-corrected chi connectivity index (χ4v) is 4.62. The van der Waals surface area contributed by atoms with Gasteiger partial charge in [0.2, 0.25) is 5.91 Å². The van der Waals surface area contributed by atoms with Gasteiger partial charge in [0.25, 0.3) is 0 Å². The zero-order chi connectivity index (χ0) is 24.3. The molecule has 0 aliphatic heterocycles. The number of para-hydroxylation sites is 1. The molecule has 2 aromatic carbocycles. The predicted octanol–water partition coefficient (Wildman–Crippen LogP) is 5.69. The first kappa shape index (κ1) is 24.7. The lowest BCUT2D eigenvalue weighted by Gasteiger charge is -2.29. The zero-order valence-electron chi connectivity index (χ0n) is 21.0. The number of hydrogen-bond donors (Lipinski definition) is 0. The van der Waals surface area contributed by atoms with Crippen LogP contribution in [0.1, 0.15) is 60.7 Å². The Morgan fingerprint density at radius 1 is 1.09 bits per heavy atom. The summed E-state index contributed by atoms with van der Waals surface area (Å²) in [6, 6.07) is 12.1. The highest BCUT2D eigenvalue weighted by molar-refractivity contribution is 5.95. The Morgan fingerprint density at radius 2 is 1.79 bits per heavy atom. The number of nitrogens with zero attached hydrogens (tertiary/aromatic N) is 2. The fraction of sp³-hybridized carbons (Fsp3) is 0.429. The predicted molar refractivity (Wildman–Crippen MR) is 134 cm³/mol. The van der Waals surface area contributed by atoms with E-state index in [-0.39, 0.29) is 11.9 Å². The maximum Gasteiger partial charge on any atom is 0.310 e. The number of esters is 1. The minimum absolute atomic E-state index is 0.0278. The van der Waals surface area contributed by atoms with Gasteiger partial charge in [-0.15, -0.1) is 0 Å². The van der Waals surface area contributed by atoms with Gasteiger partial charge in [0.15, 0.2) is 0 Å². The van der Waals surface area contributed by atoms with Crippen molar-refractivity contribution in [3.63, 3.8) is 0 Å². The molecule has 0 amide bonds. The van der Waals surface area contributed by atoms with Crippen molar-refractivity contribution in [3.05, 3.63) is 64.8 Å². The van der Waals surface area contributed by atoms with Gasteiger partial charge < -0.3 is 9.64 Å². The second-order valence-corrected chi connectivity index (χ2v) is 9.83. The summed E-state index contributed by atoms with van der Waals surface area (Å²) in [6.07, 6.45) is 3.47. The molecule has 0 aliphatic carbocycles. The lowest BCUT2D eigenvalue weighted by Crippen LogP contribution is -2.27. The number of hydrogen-bond acceptors (Lipinski definition) is 4. The highest BCUT2D eigenvalue weighted by Gasteiger charge is 2.31. The number of carbonyl (C=O) groups excluding carboxylic acids is 2. The smallest absolute Gasteiger partial charge is 0.310 e. The molecule has 1 aromatic heterocycles. The molecule has 0 aliphatic rings. The topological polar surface area (TPSA) is 51.5 Å². The summed E-state index contributed by atoms with van der Waals surface area (Å²) in [5.41, 5.74) is 4.55. The summed E-state index contributed by atoms with van der Waals surface area (Å²) in [4.78, 5) is 27.8. The molecule has 0 N–H and O–H groups in total. The van der Waals surface area contributed by atoms with Crippen molar-refractivity contribution < 1.29 is 14.3 Å². The SMILES string of the molecule is CCC(=O)Oc1cc(C)cc(C)c1C(C)(C)CC(=O)n1cc(CCN(C)C)c2ccccc21. The quantitative estimate of drug-likeness (QED) is 0.328. The number of carbonyl (C=O) groups is 2. The first-order chi connectivity index (χ1) is 15.5. The van der Waals surface area contributed by atoms with Crippen LogP contribution in [0, 0.1) is 13.8 Å². The van der Waals surface area contributed by atoms with Crippen LogP contribution in [-0.4, -0.2) is 42.0 Å². The van der Waals surface area contributed by atoms with Gasteiger partial charge in [-0.05, 0) is 63.2 Å². The molecule has 0 radical (unpaired) electrons. The van der Waals surface area contributed by atoms with Crippen LogP contribution >= 0.6 is 0 Å². The van der Waals surface area contributed by atoms with E-state index in [1.807, 2.05) is 58.2 Å². The van der Waals surface area contributed by atoms with E-state index >= 15 is 0 Å². The van der Waals surface area contributed by atoms with Crippen LogP contribution in [0.5, 0.6) is 5.75 Å². The molecule has 5 heteroatoms. The van der Waals surface area contributed by atoms with Crippen molar-refractivity contribution in [2.75, 3.05) is 20.6 Å². The lowest BCUT2D eigenvalue weighted by molar-refractivity contribution is -0.134. The van der Waals surface area contributed by atoms with Gasteiger partial charge in [0.1, 0.15) is 5.75 Å². The average Bonchev–Trinajstić information content (AvgIpc) is 3.10. The van der Waals surface area contributed by atoms with Gasteiger partial charge in [-0.2, -0.15) is 0 Å². The van der Waals surface area contributed by atoms with E-state index < -0.39 is 5.41 Å². The Bertz CT molecular complexity index is 1170. The number of likely N-dealkylation sites (N-methyl/N-ethyl adjacent to an activating group) is 1. The van der Waals surface area contributed by atoms with E-state index in [1.165, 1.54) is 5.56 Å². The van der Waals surface area contributed by atoms with E-state index in [0.717, 1.165) is 40.6 Å². The monoisotopic (exact) mass is 448 g/mol. The van der Waals surface area contributed by atoms with Crippen LogP contribution < -0.4 is 4.74 Å². The molecule has 0 bridgehead atoms. The Morgan fingerprint density at radius 3 is 2.45 bits per heavy atom. The van der Waals surface area contributed by atoms with E-state index in [0.29, 0.717) is 18.6 Å². The Hall–Kier alpha value is -2.92. The highest BCUT2D eigenvalue weighted by atomic mass is 16.5. The van der Waals surface area contributed by atoms with Crippen molar-refractivity contribution in [1.82, 2.24) is 9.47 Å². The average molecular weight is 449 g/mol. The normalized spacial score (nSPS) is 11.9. The largest absolute Gasteiger partial charge is 0.426 e. The van der Waals surface area contributed by atoms with Gasteiger partial charge in [-0.3, -0.25) is 14.2 Å².